The highest BCUT2D eigenvalue weighted by atomic mass is 79.9. The number of amides is 1. The van der Waals surface area contributed by atoms with Crippen molar-refractivity contribution in [3.05, 3.63) is 100 Å². The Balaban J connectivity index is 1.39. The van der Waals surface area contributed by atoms with E-state index in [0.29, 0.717) is 44.8 Å². The maximum Gasteiger partial charge on any atom is 0.254 e. The van der Waals surface area contributed by atoms with Crippen molar-refractivity contribution in [2.75, 3.05) is 39.3 Å². The summed E-state index contributed by atoms with van der Waals surface area (Å²) in [5.41, 5.74) is 1.14. The molecule has 0 aromatic heterocycles. The fourth-order valence-electron chi connectivity index (χ4n) is 4.05. The van der Waals surface area contributed by atoms with Crippen LogP contribution in [0.5, 0.6) is 0 Å². The molecule has 1 aliphatic rings. The van der Waals surface area contributed by atoms with E-state index in [1.165, 1.54) is 40.7 Å². The van der Waals surface area contributed by atoms with Crippen molar-refractivity contribution in [3.8, 4) is 0 Å². The summed E-state index contributed by atoms with van der Waals surface area (Å²) in [6.07, 6.45) is 0. The molecule has 0 spiro atoms. The van der Waals surface area contributed by atoms with E-state index in [1.807, 2.05) is 0 Å². The van der Waals surface area contributed by atoms with E-state index in [0.717, 1.165) is 10.0 Å². The molecule has 3 aromatic rings. The summed E-state index contributed by atoms with van der Waals surface area (Å²) in [6.45, 7) is 2.96. The number of hydrogen-bond acceptors (Lipinski definition) is 4. The molecule has 1 saturated heterocycles. The van der Waals surface area contributed by atoms with Crippen LogP contribution in [0.1, 0.15) is 15.9 Å². The summed E-state index contributed by atoms with van der Waals surface area (Å²) in [7, 11) is -3.57. The molecule has 190 valence electrons. The SMILES string of the molecule is O=C(c1ccc(F)cc1)N(CCN1CCN(S(=O)(=O)c2ccc(Br)cc2)CC1)Cc1ccc(F)cc1. The number of carbonyl (C=O) groups excluding carboxylic acids is 1. The van der Waals surface area contributed by atoms with Gasteiger partial charge in [0.15, 0.2) is 0 Å². The highest BCUT2D eigenvalue weighted by Crippen LogP contribution is 2.20. The second-order valence-corrected chi connectivity index (χ2v) is 11.4. The average molecular weight is 578 g/mol. The Morgan fingerprint density at radius 1 is 0.833 bits per heavy atom. The fraction of sp³-hybridized carbons (Fsp3) is 0.269. The molecule has 3 aromatic carbocycles. The van der Waals surface area contributed by atoms with Gasteiger partial charge < -0.3 is 4.90 Å². The van der Waals surface area contributed by atoms with Gasteiger partial charge in [-0.25, -0.2) is 17.2 Å². The van der Waals surface area contributed by atoms with Gasteiger partial charge in [0, 0.05) is 55.8 Å². The summed E-state index contributed by atoms with van der Waals surface area (Å²) >= 11 is 3.32. The van der Waals surface area contributed by atoms with Crippen LogP contribution in [-0.4, -0.2) is 67.7 Å². The van der Waals surface area contributed by atoms with Gasteiger partial charge in [0.1, 0.15) is 11.6 Å². The Labute approximate surface area is 218 Å². The van der Waals surface area contributed by atoms with Crippen LogP contribution in [-0.2, 0) is 16.6 Å². The van der Waals surface area contributed by atoms with E-state index in [2.05, 4.69) is 20.8 Å². The zero-order valence-electron chi connectivity index (χ0n) is 19.5. The summed E-state index contributed by atoms with van der Waals surface area (Å²) < 4.78 is 54.9. The fourth-order valence-corrected chi connectivity index (χ4v) is 5.74. The summed E-state index contributed by atoms with van der Waals surface area (Å²) in [6, 6.07) is 17.9. The van der Waals surface area contributed by atoms with E-state index in [1.54, 1.807) is 41.3 Å². The Morgan fingerprint density at radius 3 is 1.97 bits per heavy atom. The van der Waals surface area contributed by atoms with Gasteiger partial charge in [-0.15, -0.1) is 0 Å². The van der Waals surface area contributed by atoms with Crippen molar-refractivity contribution in [1.82, 2.24) is 14.1 Å². The van der Waals surface area contributed by atoms with Crippen molar-refractivity contribution in [3.63, 3.8) is 0 Å². The minimum atomic E-state index is -3.57. The third-order valence-electron chi connectivity index (χ3n) is 6.13. The summed E-state index contributed by atoms with van der Waals surface area (Å²) in [5.74, 6) is -1.03. The average Bonchev–Trinajstić information content (AvgIpc) is 2.88. The molecule has 0 radical (unpaired) electrons. The molecule has 0 unspecified atom stereocenters. The normalized spacial score (nSPS) is 15.1. The molecule has 0 bridgehead atoms. The van der Waals surface area contributed by atoms with E-state index in [-0.39, 0.29) is 23.2 Å². The third kappa shape index (κ3) is 6.56. The molecule has 1 amide bonds. The molecule has 1 heterocycles. The van der Waals surface area contributed by atoms with Gasteiger partial charge in [0.05, 0.1) is 4.90 Å². The molecule has 36 heavy (non-hydrogen) atoms. The van der Waals surface area contributed by atoms with E-state index in [9.17, 15) is 22.0 Å². The maximum atomic E-state index is 13.4. The van der Waals surface area contributed by atoms with Crippen LogP contribution in [0.4, 0.5) is 8.78 Å². The lowest BCUT2D eigenvalue weighted by Crippen LogP contribution is -2.50. The highest BCUT2D eigenvalue weighted by Gasteiger charge is 2.29. The van der Waals surface area contributed by atoms with Crippen LogP contribution in [0.15, 0.2) is 82.2 Å². The lowest BCUT2D eigenvalue weighted by atomic mass is 10.1. The van der Waals surface area contributed by atoms with Gasteiger partial charge in [0.25, 0.3) is 5.91 Å². The standard InChI is InChI=1S/C26H26BrF2N3O3S/c27-22-5-11-25(12-6-22)36(34,35)32-17-14-30(15-18-32)13-16-31(19-20-1-7-23(28)8-2-20)26(33)21-3-9-24(29)10-4-21/h1-12H,13-19H2. The lowest BCUT2D eigenvalue weighted by molar-refractivity contribution is 0.0710. The molecule has 0 N–H and O–H groups in total. The lowest BCUT2D eigenvalue weighted by Gasteiger charge is -2.35. The number of nitrogens with zero attached hydrogens (tertiary/aromatic N) is 3. The number of benzene rings is 3. The van der Waals surface area contributed by atoms with Gasteiger partial charge in [-0.05, 0) is 66.2 Å². The topological polar surface area (TPSA) is 60.9 Å². The second-order valence-electron chi connectivity index (χ2n) is 8.56. The van der Waals surface area contributed by atoms with Gasteiger partial charge in [-0.1, -0.05) is 28.1 Å². The van der Waals surface area contributed by atoms with Crippen molar-refractivity contribution in [2.24, 2.45) is 0 Å². The van der Waals surface area contributed by atoms with Crippen molar-refractivity contribution < 1.29 is 22.0 Å². The van der Waals surface area contributed by atoms with E-state index >= 15 is 0 Å². The van der Waals surface area contributed by atoms with Gasteiger partial charge in [-0.2, -0.15) is 4.31 Å². The first-order valence-corrected chi connectivity index (χ1v) is 13.7. The molecule has 4 rings (SSSR count). The molecule has 0 atom stereocenters. The van der Waals surface area contributed by atoms with Crippen LogP contribution >= 0.6 is 15.9 Å². The number of piperazine rings is 1. The number of sulfonamides is 1. The number of rotatable bonds is 8. The largest absolute Gasteiger partial charge is 0.333 e. The molecule has 1 aliphatic heterocycles. The highest BCUT2D eigenvalue weighted by molar-refractivity contribution is 9.10. The first-order chi connectivity index (χ1) is 17.2. The zero-order valence-corrected chi connectivity index (χ0v) is 21.9. The summed E-state index contributed by atoms with van der Waals surface area (Å²) in [4.78, 5) is 17.2. The van der Waals surface area contributed by atoms with E-state index < -0.39 is 15.8 Å². The minimum Gasteiger partial charge on any atom is -0.333 e. The van der Waals surface area contributed by atoms with Crippen LogP contribution < -0.4 is 0 Å². The summed E-state index contributed by atoms with van der Waals surface area (Å²) in [5, 5.41) is 0. The van der Waals surface area contributed by atoms with Crippen molar-refractivity contribution in [2.45, 2.75) is 11.4 Å². The van der Waals surface area contributed by atoms with Gasteiger partial charge in [-0.3, -0.25) is 9.69 Å². The molecular weight excluding hydrogens is 552 g/mol. The van der Waals surface area contributed by atoms with Gasteiger partial charge >= 0.3 is 0 Å². The van der Waals surface area contributed by atoms with Crippen molar-refractivity contribution in [1.29, 1.82) is 0 Å². The zero-order chi connectivity index (χ0) is 25.7. The molecule has 0 saturated carbocycles. The Hall–Kier alpha value is -2.66. The third-order valence-corrected chi connectivity index (χ3v) is 8.58. The van der Waals surface area contributed by atoms with Crippen LogP contribution in [0.2, 0.25) is 0 Å². The number of carbonyl (C=O) groups is 1. The second kappa shape index (κ2) is 11.6. The van der Waals surface area contributed by atoms with Gasteiger partial charge in [0.2, 0.25) is 10.0 Å². The van der Waals surface area contributed by atoms with E-state index in [4.69, 9.17) is 0 Å². The predicted octanol–water partition coefficient (Wildman–Crippen LogP) is 4.38. The molecular formula is C26H26BrF2N3O3S. The minimum absolute atomic E-state index is 0.254. The molecule has 10 heteroatoms. The smallest absolute Gasteiger partial charge is 0.254 e. The van der Waals surface area contributed by atoms with Crippen LogP contribution in [0, 0.1) is 11.6 Å². The Morgan fingerprint density at radius 2 is 1.39 bits per heavy atom. The predicted molar refractivity (Wildman–Crippen MR) is 137 cm³/mol. The first kappa shape index (κ1) is 26.4. The Bertz CT molecular complexity index is 1280. The maximum absolute atomic E-state index is 13.4. The van der Waals surface area contributed by atoms with Crippen LogP contribution in [0.3, 0.4) is 0 Å². The van der Waals surface area contributed by atoms with Crippen LogP contribution in [0.25, 0.3) is 0 Å². The quantitative estimate of drug-likeness (QED) is 0.399. The number of hydrogen-bond donors (Lipinski definition) is 0. The molecule has 1 fully saturated rings. The Kier molecular flexibility index (Phi) is 8.50. The molecule has 0 aliphatic carbocycles. The number of halogens is 3. The monoisotopic (exact) mass is 577 g/mol. The van der Waals surface area contributed by atoms with Crippen molar-refractivity contribution >= 4 is 31.9 Å². The first-order valence-electron chi connectivity index (χ1n) is 11.5. The molecule has 6 nitrogen and oxygen atoms in total.